The Morgan fingerprint density at radius 3 is 2.77 bits per heavy atom. The Bertz CT molecular complexity index is 1300. The van der Waals surface area contributed by atoms with Crippen molar-refractivity contribution in [1.29, 1.82) is 0 Å². The van der Waals surface area contributed by atoms with Crippen LogP contribution in [-0.2, 0) is 34.7 Å². The molecule has 30 heavy (non-hydrogen) atoms. The number of pyridine rings is 2. The van der Waals surface area contributed by atoms with E-state index in [4.69, 9.17) is 9.72 Å². The van der Waals surface area contributed by atoms with E-state index in [0.717, 1.165) is 39.0 Å². The van der Waals surface area contributed by atoms with Crippen LogP contribution >= 0.6 is 11.8 Å². The van der Waals surface area contributed by atoms with Gasteiger partial charge in [0.2, 0.25) is 0 Å². The highest BCUT2D eigenvalue weighted by atomic mass is 32.2. The van der Waals surface area contributed by atoms with Gasteiger partial charge in [0.05, 0.1) is 29.0 Å². The summed E-state index contributed by atoms with van der Waals surface area (Å²) >= 11 is 1.68. The molecule has 154 valence electrons. The van der Waals surface area contributed by atoms with Gasteiger partial charge >= 0.3 is 5.97 Å². The van der Waals surface area contributed by atoms with Crippen molar-refractivity contribution >= 4 is 28.6 Å². The van der Waals surface area contributed by atoms with Crippen LogP contribution in [0.15, 0.2) is 34.0 Å². The third kappa shape index (κ3) is 2.45. The number of ether oxygens (including phenoxy) is 1. The van der Waals surface area contributed by atoms with Gasteiger partial charge in [-0.1, -0.05) is 19.9 Å². The molecule has 0 saturated carbocycles. The van der Waals surface area contributed by atoms with E-state index in [1.165, 1.54) is 0 Å². The van der Waals surface area contributed by atoms with Gasteiger partial charge in [-0.05, 0) is 42.9 Å². The summed E-state index contributed by atoms with van der Waals surface area (Å²) in [6, 6.07) is 8.11. The van der Waals surface area contributed by atoms with E-state index in [1.54, 1.807) is 29.3 Å². The standard InChI is InChI=1S/C23H22N2O4S/c1-4-12-6-7-18(30-3)14-8-13-10-25-17(20(13)24-19(12)14)9-16-15(21(25)26)11-29-22(27)23(16,28)5-2/h6-9,28H,4-5,10-11H2,1-3H3/t23-/m0/s1. The van der Waals surface area contributed by atoms with Gasteiger partial charge < -0.3 is 14.4 Å². The molecular formula is C23H22N2O4S. The summed E-state index contributed by atoms with van der Waals surface area (Å²) in [6.45, 7) is 4.11. The number of cyclic esters (lactones) is 1. The van der Waals surface area contributed by atoms with Crippen molar-refractivity contribution in [3.63, 3.8) is 0 Å². The molecule has 2 aliphatic heterocycles. The molecule has 0 saturated heterocycles. The maximum Gasteiger partial charge on any atom is 0.343 e. The zero-order valence-corrected chi connectivity index (χ0v) is 17.9. The summed E-state index contributed by atoms with van der Waals surface area (Å²) in [5, 5.41) is 12.1. The first-order valence-corrected chi connectivity index (χ1v) is 11.3. The molecule has 1 N–H and O–H groups in total. The Morgan fingerprint density at radius 1 is 1.27 bits per heavy atom. The lowest BCUT2D eigenvalue weighted by atomic mass is 9.86. The average Bonchev–Trinajstić information content (AvgIpc) is 3.12. The highest BCUT2D eigenvalue weighted by Gasteiger charge is 2.45. The third-order valence-electron chi connectivity index (χ3n) is 6.32. The quantitative estimate of drug-likeness (QED) is 0.403. The topological polar surface area (TPSA) is 81.4 Å². The molecule has 0 radical (unpaired) electrons. The molecule has 4 heterocycles. The number of fused-ring (bicyclic) bond motifs is 5. The molecular weight excluding hydrogens is 400 g/mol. The fourth-order valence-corrected chi connectivity index (χ4v) is 5.14. The third-order valence-corrected chi connectivity index (χ3v) is 7.12. The molecule has 6 nitrogen and oxygen atoms in total. The molecule has 0 aliphatic carbocycles. The number of aliphatic hydroxyl groups is 1. The van der Waals surface area contributed by atoms with Crippen molar-refractivity contribution in [3.05, 3.63) is 56.9 Å². The number of thioether (sulfide) groups is 1. The lowest BCUT2D eigenvalue weighted by molar-refractivity contribution is -0.172. The molecule has 7 heteroatoms. The molecule has 0 fully saturated rings. The summed E-state index contributed by atoms with van der Waals surface area (Å²) in [4.78, 5) is 31.7. The van der Waals surface area contributed by atoms with Crippen LogP contribution in [0.4, 0.5) is 0 Å². The molecule has 5 rings (SSSR count). The Hall–Kier alpha value is -2.64. The van der Waals surface area contributed by atoms with Gasteiger partial charge in [-0.25, -0.2) is 9.78 Å². The summed E-state index contributed by atoms with van der Waals surface area (Å²) in [7, 11) is 0. The highest BCUT2D eigenvalue weighted by molar-refractivity contribution is 7.98. The first-order chi connectivity index (χ1) is 14.4. The second-order valence-electron chi connectivity index (χ2n) is 7.78. The molecule has 2 aliphatic rings. The number of nitrogens with zero attached hydrogens (tertiary/aromatic N) is 2. The predicted molar refractivity (Wildman–Crippen MR) is 116 cm³/mol. The molecule has 0 amide bonds. The van der Waals surface area contributed by atoms with E-state index >= 15 is 0 Å². The second kappa shape index (κ2) is 6.68. The number of carbonyl (C=O) groups is 1. The lowest BCUT2D eigenvalue weighted by Crippen LogP contribution is -2.44. The van der Waals surface area contributed by atoms with Gasteiger partial charge in [-0.15, -0.1) is 11.8 Å². The minimum absolute atomic E-state index is 0.113. The predicted octanol–water partition coefficient (Wildman–Crippen LogP) is 3.36. The number of carbonyl (C=O) groups excluding carboxylic acids is 1. The van der Waals surface area contributed by atoms with Crippen LogP contribution in [0.2, 0.25) is 0 Å². The smallest absolute Gasteiger partial charge is 0.343 e. The van der Waals surface area contributed by atoms with E-state index in [1.807, 2.05) is 6.26 Å². The normalized spacial score (nSPS) is 19.4. The van der Waals surface area contributed by atoms with Crippen molar-refractivity contribution < 1.29 is 14.6 Å². The first kappa shape index (κ1) is 19.3. The highest BCUT2D eigenvalue weighted by Crippen LogP contribution is 2.40. The Labute approximate surface area is 177 Å². The molecule has 0 bridgehead atoms. The van der Waals surface area contributed by atoms with E-state index in [9.17, 15) is 14.7 Å². The average molecular weight is 423 g/mol. The Morgan fingerprint density at radius 2 is 2.07 bits per heavy atom. The zero-order valence-electron chi connectivity index (χ0n) is 17.1. The van der Waals surface area contributed by atoms with Crippen molar-refractivity contribution in [2.45, 2.75) is 50.3 Å². The maximum absolute atomic E-state index is 13.3. The van der Waals surface area contributed by atoms with Crippen LogP contribution in [0.25, 0.3) is 22.3 Å². The SMILES string of the molecule is CCc1ccc(SC)c2cc3c(nc12)-c1cc2c(c(=O)n1C3)COC(=O)[C@]2(O)CC. The second-order valence-corrected chi connectivity index (χ2v) is 8.62. The summed E-state index contributed by atoms with van der Waals surface area (Å²) in [6.07, 6.45) is 3.04. The lowest BCUT2D eigenvalue weighted by Gasteiger charge is -2.31. The number of hydrogen-bond donors (Lipinski definition) is 1. The van der Waals surface area contributed by atoms with Crippen LogP contribution in [-0.4, -0.2) is 26.9 Å². The van der Waals surface area contributed by atoms with Crippen molar-refractivity contribution in [1.82, 2.24) is 9.55 Å². The fourth-order valence-electron chi connectivity index (χ4n) is 4.56. The monoisotopic (exact) mass is 422 g/mol. The van der Waals surface area contributed by atoms with Crippen LogP contribution in [0.3, 0.4) is 0 Å². The van der Waals surface area contributed by atoms with Gasteiger partial charge in [-0.3, -0.25) is 4.79 Å². The van der Waals surface area contributed by atoms with E-state index in [-0.39, 0.29) is 18.6 Å². The van der Waals surface area contributed by atoms with Gasteiger partial charge in [-0.2, -0.15) is 0 Å². The van der Waals surface area contributed by atoms with Crippen molar-refractivity contribution in [2.24, 2.45) is 0 Å². The molecule has 1 atom stereocenters. The molecule has 0 unspecified atom stereocenters. The number of aryl methyl sites for hydroxylation is 1. The van der Waals surface area contributed by atoms with Crippen LogP contribution < -0.4 is 5.56 Å². The van der Waals surface area contributed by atoms with Gasteiger partial charge in [0.15, 0.2) is 5.60 Å². The molecule has 1 aromatic carbocycles. The minimum Gasteiger partial charge on any atom is -0.458 e. The van der Waals surface area contributed by atoms with Crippen LogP contribution in [0, 0.1) is 0 Å². The number of hydrogen-bond acceptors (Lipinski definition) is 6. The summed E-state index contributed by atoms with van der Waals surface area (Å²) in [5.74, 6) is -0.704. The number of rotatable bonds is 3. The van der Waals surface area contributed by atoms with Gasteiger partial charge in [0.1, 0.15) is 6.61 Å². The largest absolute Gasteiger partial charge is 0.458 e. The van der Waals surface area contributed by atoms with E-state index < -0.39 is 11.6 Å². The number of aromatic nitrogens is 2. The van der Waals surface area contributed by atoms with E-state index in [2.05, 4.69) is 25.1 Å². The van der Waals surface area contributed by atoms with Gasteiger partial charge in [0.25, 0.3) is 5.56 Å². The molecule has 2 aromatic heterocycles. The van der Waals surface area contributed by atoms with Gasteiger partial charge in [0, 0.05) is 21.4 Å². The Balaban J connectivity index is 1.81. The number of esters is 1. The first-order valence-electron chi connectivity index (χ1n) is 10.1. The number of benzene rings is 1. The summed E-state index contributed by atoms with van der Waals surface area (Å²) < 4.78 is 6.81. The fraction of sp³-hybridized carbons (Fsp3) is 0.348. The molecule has 0 spiro atoms. The van der Waals surface area contributed by atoms with Crippen molar-refractivity contribution in [2.75, 3.05) is 6.26 Å². The van der Waals surface area contributed by atoms with Crippen LogP contribution in [0.5, 0.6) is 0 Å². The minimum atomic E-state index is -1.80. The maximum atomic E-state index is 13.3. The van der Waals surface area contributed by atoms with Crippen molar-refractivity contribution in [3.8, 4) is 11.4 Å². The van der Waals surface area contributed by atoms with Crippen LogP contribution in [0.1, 0.15) is 42.5 Å². The van der Waals surface area contributed by atoms with E-state index in [0.29, 0.717) is 23.4 Å². The zero-order chi connectivity index (χ0) is 21.2. The Kier molecular flexibility index (Phi) is 4.31. The molecule has 3 aromatic rings. The summed E-state index contributed by atoms with van der Waals surface area (Å²) in [5.41, 5.74) is 3.11.